The van der Waals surface area contributed by atoms with E-state index in [2.05, 4.69) is 9.80 Å². The van der Waals surface area contributed by atoms with Gasteiger partial charge in [0, 0.05) is 49.4 Å². The van der Waals surface area contributed by atoms with Gasteiger partial charge in [0.2, 0.25) is 0 Å². The molecule has 28 heavy (non-hydrogen) atoms. The monoisotopic (exact) mass is 426 g/mol. The molecule has 2 heterocycles. The lowest BCUT2D eigenvalue weighted by atomic mass is 9.83. The van der Waals surface area contributed by atoms with E-state index < -0.39 is 9.84 Å². The van der Waals surface area contributed by atoms with E-state index in [4.69, 9.17) is 11.6 Å². The lowest BCUT2D eigenvalue weighted by Crippen LogP contribution is -2.50. The number of nitrogens with zero attached hydrogens (tertiary/aromatic N) is 2. The van der Waals surface area contributed by atoms with Crippen LogP contribution in [0.5, 0.6) is 5.75 Å². The second-order valence-electron chi connectivity index (χ2n) is 8.71. The predicted molar refractivity (Wildman–Crippen MR) is 113 cm³/mol. The molecule has 1 aromatic rings. The molecule has 0 bridgehead atoms. The topological polar surface area (TPSA) is 60.9 Å². The lowest BCUT2D eigenvalue weighted by molar-refractivity contribution is 0.0995. The predicted octanol–water partition coefficient (Wildman–Crippen LogP) is 3.40. The smallest absolute Gasteiger partial charge is 0.151 e. The van der Waals surface area contributed by atoms with Gasteiger partial charge in [0.05, 0.1) is 11.5 Å². The molecule has 1 atom stereocenters. The van der Waals surface area contributed by atoms with Crippen LogP contribution in [0.15, 0.2) is 12.1 Å². The van der Waals surface area contributed by atoms with Crippen molar-refractivity contribution in [2.75, 3.05) is 37.7 Å². The van der Waals surface area contributed by atoms with Crippen molar-refractivity contribution >= 4 is 21.4 Å². The van der Waals surface area contributed by atoms with E-state index in [1.165, 1.54) is 19.3 Å². The van der Waals surface area contributed by atoms with Gasteiger partial charge in [0.1, 0.15) is 5.75 Å². The number of rotatable bonds is 4. The molecule has 2 aliphatic heterocycles. The number of hydrogen-bond donors (Lipinski definition) is 1. The molecule has 3 aliphatic rings. The van der Waals surface area contributed by atoms with Crippen molar-refractivity contribution in [3.8, 4) is 5.75 Å². The van der Waals surface area contributed by atoms with E-state index in [0.29, 0.717) is 34.7 Å². The van der Waals surface area contributed by atoms with Crippen LogP contribution in [0.4, 0.5) is 0 Å². The SMILES string of the molecule is O=S1(=O)CCC(N2CCN(Cc3cc(Cl)cc(C4CCCCC4)c3O)CC2)C1. The summed E-state index contributed by atoms with van der Waals surface area (Å²) in [4.78, 5) is 4.67. The number of hydrogen-bond acceptors (Lipinski definition) is 5. The third-order valence-corrected chi connectivity index (χ3v) is 8.72. The molecule has 0 spiro atoms. The number of phenolic OH excluding ortho intramolecular Hbond substituents is 1. The van der Waals surface area contributed by atoms with Crippen molar-refractivity contribution in [3.05, 3.63) is 28.3 Å². The van der Waals surface area contributed by atoms with Gasteiger partial charge in [-0.3, -0.25) is 9.80 Å². The Morgan fingerprint density at radius 1 is 1.04 bits per heavy atom. The first-order valence-electron chi connectivity index (χ1n) is 10.6. The van der Waals surface area contributed by atoms with Gasteiger partial charge in [-0.05, 0) is 42.9 Å². The Labute approximate surface area is 173 Å². The molecular formula is C21H31ClN2O3S. The Morgan fingerprint density at radius 2 is 1.75 bits per heavy atom. The van der Waals surface area contributed by atoms with Gasteiger partial charge in [-0.25, -0.2) is 8.42 Å². The fraction of sp³-hybridized carbons (Fsp3) is 0.714. The highest BCUT2D eigenvalue weighted by atomic mass is 35.5. The molecular weight excluding hydrogens is 396 g/mol. The number of piperazine rings is 1. The summed E-state index contributed by atoms with van der Waals surface area (Å²) in [5, 5.41) is 11.6. The number of sulfone groups is 1. The second-order valence-corrected chi connectivity index (χ2v) is 11.4. The highest BCUT2D eigenvalue weighted by molar-refractivity contribution is 7.91. The fourth-order valence-electron chi connectivity index (χ4n) is 5.11. The second kappa shape index (κ2) is 8.50. The number of aromatic hydroxyl groups is 1. The van der Waals surface area contributed by atoms with Crippen LogP contribution in [0.2, 0.25) is 5.02 Å². The molecule has 2 saturated heterocycles. The maximum Gasteiger partial charge on any atom is 0.151 e. The van der Waals surface area contributed by atoms with E-state index in [1.807, 2.05) is 12.1 Å². The van der Waals surface area contributed by atoms with Gasteiger partial charge in [0.25, 0.3) is 0 Å². The van der Waals surface area contributed by atoms with Crippen LogP contribution in [0.1, 0.15) is 55.6 Å². The van der Waals surface area contributed by atoms with E-state index >= 15 is 0 Å². The van der Waals surface area contributed by atoms with Gasteiger partial charge >= 0.3 is 0 Å². The van der Waals surface area contributed by atoms with E-state index in [-0.39, 0.29) is 6.04 Å². The molecule has 0 amide bonds. The normalized spacial score (nSPS) is 27.2. The zero-order chi connectivity index (χ0) is 19.7. The summed E-state index contributed by atoms with van der Waals surface area (Å²) in [7, 11) is -2.84. The highest BCUT2D eigenvalue weighted by Crippen LogP contribution is 2.40. The van der Waals surface area contributed by atoms with E-state index in [0.717, 1.165) is 56.6 Å². The summed E-state index contributed by atoms with van der Waals surface area (Å²) in [5.74, 6) is 1.50. The first-order chi connectivity index (χ1) is 13.4. The van der Waals surface area contributed by atoms with Crippen molar-refractivity contribution in [1.82, 2.24) is 9.80 Å². The molecule has 3 fully saturated rings. The van der Waals surface area contributed by atoms with Crippen molar-refractivity contribution < 1.29 is 13.5 Å². The Bertz CT molecular complexity index is 800. The maximum absolute atomic E-state index is 11.7. The van der Waals surface area contributed by atoms with Crippen molar-refractivity contribution in [2.24, 2.45) is 0 Å². The molecule has 5 nitrogen and oxygen atoms in total. The Hall–Kier alpha value is -0.820. The van der Waals surface area contributed by atoms with Crippen LogP contribution >= 0.6 is 11.6 Å². The van der Waals surface area contributed by atoms with Crippen LogP contribution in [0.3, 0.4) is 0 Å². The molecule has 156 valence electrons. The third kappa shape index (κ3) is 4.66. The first kappa shape index (κ1) is 20.5. The van der Waals surface area contributed by atoms with Crippen LogP contribution in [0, 0.1) is 0 Å². The molecule has 7 heteroatoms. The molecule has 1 aromatic carbocycles. The molecule has 0 radical (unpaired) electrons. The summed E-state index contributed by atoms with van der Waals surface area (Å²) in [6.07, 6.45) is 6.78. The molecule has 1 saturated carbocycles. The Kier molecular flexibility index (Phi) is 6.21. The zero-order valence-corrected chi connectivity index (χ0v) is 18.0. The van der Waals surface area contributed by atoms with Gasteiger partial charge in [-0.15, -0.1) is 0 Å². The average Bonchev–Trinajstić information content (AvgIpc) is 3.05. The summed E-state index contributed by atoms with van der Waals surface area (Å²) < 4.78 is 23.5. The minimum Gasteiger partial charge on any atom is -0.507 e. The molecule has 1 aliphatic carbocycles. The number of halogens is 1. The summed E-state index contributed by atoms with van der Waals surface area (Å²) in [5.41, 5.74) is 1.95. The fourth-order valence-corrected chi connectivity index (χ4v) is 7.13. The molecule has 4 rings (SSSR count). The van der Waals surface area contributed by atoms with Crippen molar-refractivity contribution in [3.63, 3.8) is 0 Å². The molecule has 0 aromatic heterocycles. The number of phenols is 1. The summed E-state index contributed by atoms with van der Waals surface area (Å²) >= 11 is 6.40. The minimum absolute atomic E-state index is 0.185. The van der Waals surface area contributed by atoms with E-state index in [1.54, 1.807) is 0 Å². The zero-order valence-electron chi connectivity index (χ0n) is 16.4. The largest absolute Gasteiger partial charge is 0.507 e. The number of benzene rings is 1. The van der Waals surface area contributed by atoms with Crippen molar-refractivity contribution in [1.29, 1.82) is 0 Å². The summed E-state index contributed by atoms with van der Waals surface area (Å²) in [6.45, 7) is 4.25. The lowest BCUT2D eigenvalue weighted by Gasteiger charge is -2.37. The van der Waals surface area contributed by atoms with Gasteiger partial charge in [-0.1, -0.05) is 30.9 Å². The maximum atomic E-state index is 11.7. The third-order valence-electron chi connectivity index (χ3n) is 6.75. The Balaban J connectivity index is 1.39. The first-order valence-corrected chi connectivity index (χ1v) is 12.8. The van der Waals surface area contributed by atoms with Gasteiger partial charge in [-0.2, -0.15) is 0 Å². The van der Waals surface area contributed by atoms with Crippen LogP contribution in [0.25, 0.3) is 0 Å². The molecule has 1 unspecified atom stereocenters. The Morgan fingerprint density at radius 3 is 2.39 bits per heavy atom. The van der Waals surface area contributed by atoms with Gasteiger partial charge < -0.3 is 5.11 Å². The van der Waals surface area contributed by atoms with Crippen LogP contribution in [-0.4, -0.2) is 67.1 Å². The van der Waals surface area contributed by atoms with Crippen LogP contribution < -0.4 is 0 Å². The minimum atomic E-state index is -2.84. The molecule has 1 N–H and O–H groups in total. The van der Waals surface area contributed by atoms with Gasteiger partial charge in [0.15, 0.2) is 9.84 Å². The highest BCUT2D eigenvalue weighted by Gasteiger charge is 2.33. The summed E-state index contributed by atoms with van der Waals surface area (Å²) in [6, 6.07) is 4.04. The van der Waals surface area contributed by atoms with E-state index in [9.17, 15) is 13.5 Å². The van der Waals surface area contributed by atoms with Crippen molar-refractivity contribution in [2.45, 2.75) is 57.0 Å². The quantitative estimate of drug-likeness (QED) is 0.799. The average molecular weight is 427 g/mol. The standard InChI is InChI=1S/C21H31ClN2O3S/c22-18-12-17(21(25)20(13-18)16-4-2-1-3-5-16)14-23-7-9-24(10-8-23)19-6-11-28(26,27)15-19/h12-13,16,19,25H,1-11,14-15H2. The van der Waals surface area contributed by atoms with Crippen LogP contribution in [-0.2, 0) is 16.4 Å².